The van der Waals surface area contributed by atoms with Crippen molar-refractivity contribution in [3.05, 3.63) is 84.4 Å². The van der Waals surface area contributed by atoms with Crippen molar-refractivity contribution in [2.24, 2.45) is 0 Å². The van der Waals surface area contributed by atoms with Gasteiger partial charge in [0.25, 0.3) is 5.91 Å². The molecule has 0 saturated carbocycles. The number of nitrogens with one attached hydrogen (secondary N) is 1. The van der Waals surface area contributed by atoms with Crippen molar-refractivity contribution in [3.63, 3.8) is 0 Å². The van der Waals surface area contributed by atoms with Crippen molar-refractivity contribution in [2.45, 2.75) is 6.42 Å². The summed E-state index contributed by atoms with van der Waals surface area (Å²) in [4.78, 5) is 19.4. The summed E-state index contributed by atoms with van der Waals surface area (Å²) in [5.74, 6) is 1.02. The molecule has 9 heteroatoms. The second-order valence-corrected chi connectivity index (χ2v) is 9.03. The quantitative estimate of drug-likeness (QED) is 0.302. The molecule has 1 saturated heterocycles. The van der Waals surface area contributed by atoms with E-state index < -0.39 is 0 Å². The van der Waals surface area contributed by atoms with E-state index in [0.29, 0.717) is 37.5 Å². The molecule has 0 aliphatic carbocycles. The first-order chi connectivity index (χ1) is 18.7. The van der Waals surface area contributed by atoms with Gasteiger partial charge in [0, 0.05) is 43.9 Å². The fourth-order valence-electron chi connectivity index (χ4n) is 4.29. The maximum atomic E-state index is 12.9. The number of aromatic nitrogens is 2. The van der Waals surface area contributed by atoms with E-state index in [1.807, 2.05) is 47.0 Å². The van der Waals surface area contributed by atoms with Gasteiger partial charge in [-0.15, -0.1) is 0 Å². The minimum atomic E-state index is -0.282. The van der Waals surface area contributed by atoms with Crippen LogP contribution in [0, 0.1) is 5.82 Å². The number of halogens is 1. The number of rotatable bonds is 11. The normalized spacial score (nSPS) is 13.9. The molecule has 1 aliphatic rings. The van der Waals surface area contributed by atoms with Crippen LogP contribution < -0.4 is 14.8 Å². The van der Waals surface area contributed by atoms with Crippen LogP contribution in [0.15, 0.2) is 73.1 Å². The highest BCUT2D eigenvalue weighted by Crippen LogP contribution is 2.22. The van der Waals surface area contributed by atoms with Crippen LogP contribution in [-0.2, 0) is 4.74 Å². The van der Waals surface area contributed by atoms with Crippen LogP contribution in [0.5, 0.6) is 11.5 Å². The zero-order chi connectivity index (χ0) is 26.2. The Balaban J connectivity index is 1.11. The molecule has 1 aromatic heterocycles. The highest BCUT2D eigenvalue weighted by atomic mass is 19.1. The summed E-state index contributed by atoms with van der Waals surface area (Å²) in [7, 11) is 0. The van der Waals surface area contributed by atoms with Gasteiger partial charge < -0.3 is 19.5 Å². The fourth-order valence-corrected chi connectivity index (χ4v) is 4.29. The standard InChI is InChI=1S/C29H31FN4O4/c30-23-3-7-25(8-4-23)37-16-1-17-38-26-9-5-24(6-10-26)34-21-32-27-20-22(2-11-28(27)34)29(35)31-12-13-33-14-18-36-19-15-33/h2-11,20-21H,1,12-19H2,(H,31,35). The lowest BCUT2D eigenvalue weighted by Gasteiger charge is -2.26. The lowest BCUT2D eigenvalue weighted by atomic mass is 10.2. The third-order valence-electron chi connectivity index (χ3n) is 6.38. The molecule has 1 fully saturated rings. The van der Waals surface area contributed by atoms with Gasteiger partial charge in [-0.1, -0.05) is 0 Å². The number of nitrogens with zero attached hydrogens (tertiary/aromatic N) is 3. The van der Waals surface area contributed by atoms with Crippen LogP contribution in [0.25, 0.3) is 16.7 Å². The smallest absolute Gasteiger partial charge is 0.251 e. The highest BCUT2D eigenvalue weighted by molar-refractivity contribution is 5.97. The first kappa shape index (κ1) is 25.7. The number of hydrogen-bond donors (Lipinski definition) is 1. The molecule has 1 aliphatic heterocycles. The molecule has 0 bridgehead atoms. The Bertz CT molecular complexity index is 1340. The van der Waals surface area contributed by atoms with Crippen molar-refractivity contribution in [2.75, 3.05) is 52.6 Å². The van der Waals surface area contributed by atoms with Crippen LogP contribution in [-0.4, -0.2) is 73.0 Å². The number of carbonyl (C=O) groups excluding carboxylic acids is 1. The maximum Gasteiger partial charge on any atom is 0.251 e. The van der Waals surface area contributed by atoms with Gasteiger partial charge in [0.2, 0.25) is 0 Å². The van der Waals surface area contributed by atoms with Crippen LogP contribution in [0.2, 0.25) is 0 Å². The van der Waals surface area contributed by atoms with Gasteiger partial charge in [-0.25, -0.2) is 9.37 Å². The Morgan fingerprint density at radius 2 is 1.63 bits per heavy atom. The van der Waals surface area contributed by atoms with Gasteiger partial charge in [0.1, 0.15) is 23.6 Å². The summed E-state index contributed by atoms with van der Waals surface area (Å²) >= 11 is 0. The number of ether oxygens (including phenoxy) is 3. The van der Waals surface area contributed by atoms with E-state index in [1.165, 1.54) is 12.1 Å². The van der Waals surface area contributed by atoms with E-state index in [4.69, 9.17) is 14.2 Å². The molecule has 1 amide bonds. The van der Waals surface area contributed by atoms with Crippen molar-refractivity contribution in [3.8, 4) is 17.2 Å². The van der Waals surface area contributed by atoms with Crippen LogP contribution in [0.3, 0.4) is 0 Å². The number of benzene rings is 3. The van der Waals surface area contributed by atoms with E-state index in [2.05, 4.69) is 15.2 Å². The van der Waals surface area contributed by atoms with Crippen molar-refractivity contribution >= 4 is 16.9 Å². The van der Waals surface area contributed by atoms with E-state index in [9.17, 15) is 9.18 Å². The Morgan fingerprint density at radius 1 is 0.947 bits per heavy atom. The number of hydrogen-bond acceptors (Lipinski definition) is 6. The first-order valence-electron chi connectivity index (χ1n) is 12.8. The average Bonchev–Trinajstić information content (AvgIpc) is 3.38. The summed E-state index contributed by atoms with van der Waals surface area (Å²) in [5, 5.41) is 3.00. The molecule has 0 radical (unpaired) electrons. The predicted molar refractivity (Wildman–Crippen MR) is 143 cm³/mol. The zero-order valence-corrected chi connectivity index (χ0v) is 21.1. The topological polar surface area (TPSA) is 77.9 Å². The van der Waals surface area contributed by atoms with Crippen LogP contribution >= 0.6 is 0 Å². The number of imidazole rings is 1. The molecular formula is C29H31FN4O4. The van der Waals surface area contributed by atoms with Gasteiger partial charge in [-0.3, -0.25) is 14.3 Å². The summed E-state index contributed by atoms with van der Waals surface area (Å²) in [6.45, 7) is 5.71. The molecule has 1 N–H and O–H groups in total. The zero-order valence-electron chi connectivity index (χ0n) is 21.1. The van der Waals surface area contributed by atoms with Gasteiger partial charge >= 0.3 is 0 Å². The molecule has 2 heterocycles. The number of fused-ring (bicyclic) bond motifs is 1. The van der Waals surface area contributed by atoms with Crippen molar-refractivity contribution in [1.82, 2.24) is 19.8 Å². The minimum Gasteiger partial charge on any atom is -0.493 e. The van der Waals surface area contributed by atoms with Crippen molar-refractivity contribution in [1.29, 1.82) is 0 Å². The number of carbonyl (C=O) groups is 1. The lowest BCUT2D eigenvalue weighted by molar-refractivity contribution is 0.0383. The summed E-state index contributed by atoms with van der Waals surface area (Å²) < 4.78 is 31.7. The second-order valence-electron chi connectivity index (χ2n) is 9.03. The molecule has 0 unspecified atom stereocenters. The third kappa shape index (κ3) is 6.67. The van der Waals surface area contributed by atoms with Crippen LogP contribution in [0.4, 0.5) is 4.39 Å². The SMILES string of the molecule is O=C(NCCN1CCOCC1)c1ccc2c(c1)ncn2-c1ccc(OCCCOc2ccc(F)cc2)cc1. The number of morpholine rings is 1. The van der Waals surface area contributed by atoms with Gasteiger partial charge in [-0.05, 0) is 66.7 Å². The van der Waals surface area contributed by atoms with Crippen molar-refractivity contribution < 1.29 is 23.4 Å². The fraction of sp³-hybridized carbons (Fsp3) is 0.310. The second kappa shape index (κ2) is 12.5. The maximum absolute atomic E-state index is 12.9. The van der Waals surface area contributed by atoms with E-state index in [0.717, 1.165) is 55.3 Å². The summed E-state index contributed by atoms with van der Waals surface area (Å²) in [5.41, 5.74) is 3.22. The molecule has 8 nitrogen and oxygen atoms in total. The van der Waals surface area contributed by atoms with E-state index in [1.54, 1.807) is 18.5 Å². The third-order valence-corrected chi connectivity index (χ3v) is 6.38. The Morgan fingerprint density at radius 3 is 2.34 bits per heavy atom. The largest absolute Gasteiger partial charge is 0.493 e. The average molecular weight is 519 g/mol. The summed E-state index contributed by atoms with van der Waals surface area (Å²) in [6.07, 6.45) is 2.46. The molecule has 198 valence electrons. The first-order valence-corrected chi connectivity index (χ1v) is 12.8. The van der Waals surface area contributed by atoms with Crippen LogP contribution in [0.1, 0.15) is 16.8 Å². The molecular weight excluding hydrogens is 487 g/mol. The van der Waals surface area contributed by atoms with Gasteiger partial charge in [0.15, 0.2) is 0 Å². The molecule has 5 rings (SSSR count). The highest BCUT2D eigenvalue weighted by Gasteiger charge is 2.13. The lowest BCUT2D eigenvalue weighted by Crippen LogP contribution is -2.41. The van der Waals surface area contributed by atoms with Gasteiger partial charge in [0.05, 0.1) is 37.5 Å². The van der Waals surface area contributed by atoms with E-state index >= 15 is 0 Å². The Kier molecular flexibility index (Phi) is 8.47. The number of amides is 1. The monoisotopic (exact) mass is 518 g/mol. The van der Waals surface area contributed by atoms with Gasteiger partial charge in [-0.2, -0.15) is 0 Å². The minimum absolute atomic E-state index is 0.0979. The summed E-state index contributed by atoms with van der Waals surface area (Å²) in [6, 6.07) is 19.3. The molecule has 3 aromatic carbocycles. The van der Waals surface area contributed by atoms with E-state index in [-0.39, 0.29) is 11.7 Å². The predicted octanol–water partition coefficient (Wildman–Crippen LogP) is 4.07. The Hall–Kier alpha value is -3.95. The molecule has 0 atom stereocenters. The molecule has 38 heavy (non-hydrogen) atoms. The molecule has 4 aromatic rings. The Labute approximate surface area is 220 Å². The molecule has 0 spiro atoms.